The molecule has 1 aromatic heterocycles. The predicted molar refractivity (Wildman–Crippen MR) is 74.3 cm³/mol. The lowest BCUT2D eigenvalue weighted by atomic mass is 10.2. The van der Waals surface area contributed by atoms with Crippen molar-refractivity contribution in [2.45, 2.75) is 4.90 Å². The topological polar surface area (TPSA) is 112 Å². The Bertz CT molecular complexity index is 829. The lowest BCUT2D eigenvalue weighted by Crippen LogP contribution is -2.12. The zero-order chi connectivity index (χ0) is 15.6. The average molecular weight is 305 g/mol. The SMILES string of the molecule is Cn1cc(S(=O)(=O)Nc2ccc(C#N)cc2)cc1C(=O)O. The van der Waals surface area contributed by atoms with Gasteiger partial charge < -0.3 is 9.67 Å². The van der Waals surface area contributed by atoms with E-state index in [0.717, 1.165) is 6.07 Å². The van der Waals surface area contributed by atoms with Gasteiger partial charge in [0.05, 0.1) is 11.6 Å². The third-order valence-corrected chi connectivity index (χ3v) is 4.12. The Kier molecular flexibility index (Phi) is 3.69. The molecule has 0 aliphatic heterocycles. The molecule has 21 heavy (non-hydrogen) atoms. The molecule has 2 rings (SSSR count). The molecule has 2 N–H and O–H groups in total. The van der Waals surface area contributed by atoms with Crippen LogP contribution in [0, 0.1) is 11.3 Å². The van der Waals surface area contributed by atoms with Crippen LogP contribution in [0.2, 0.25) is 0 Å². The predicted octanol–water partition coefficient (Wildman–Crippen LogP) is 1.40. The van der Waals surface area contributed by atoms with Gasteiger partial charge >= 0.3 is 5.97 Å². The van der Waals surface area contributed by atoms with Crippen LogP contribution in [0.1, 0.15) is 16.1 Å². The molecule has 0 aliphatic carbocycles. The molecule has 0 radical (unpaired) electrons. The van der Waals surface area contributed by atoms with Crippen molar-refractivity contribution in [3.05, 3.63) is 47.8 Å². The highest BCUT2D eigenvalue weighted by Gasteiger charge is 2.20. The van der Waals surface area contributed by atoms with Crippen LogP contribution in [0.5, 0.6) is 0 Å². The van der Waals surface area contributed by atoms with E-state index in [0.29, 0.717) is 5.56 Å². The van der Waals surface area contributed by atoms with Crippen LogP contribution in [0.15, 0.2) is 41.4 Å². The number of carboxylic acid groups (broad SMARTS) is 1. The molecule has 0 spiro atoms. The minimum atomic E-state index is -3.89. The number of hydrogen-bond acceptors (Lipinski definition) is 4. The number of hydrogen-bond donors (Lipinski definition) is 2. The van der Waals surface area contributed by atoms with Crippen LogP contribution >= 0.6 is 0 Å². The summed E-state index contributed by atoms with van der Waals surface area (Å²) in [6.07, 6.45) is 1.22. The molecular formula is C13H11N3O4S. The zero-order valence-electron chi connectivity index (χ0n) is 10.9. The molecule has 2 aromatic rings. The smallest absolute Gasteiger partial charge is 0.352 e. The number of nitrogens with zero attached hydrogens (tertiary/aromatic N) is 2. The molecule has 0 saturated carbocycles. The van der Waals surface area contributed by atoms with E-state index < -0.39 is 16.0 Å². The van der Waals surface area contributed by atoms with Gasteiger partial charge in [-0.2, -0.15) is 5.26 Å². The lowest BCUT2D eigenvalue weighted by Gasteiger charge is -2.06. The lowest BCUT2D eigenvalue weighted by molar-refractivity contribution is 0.0686. The molecule has 0 amide bonds. The van der Waals surface area contributed by atoms with Crippen molar-refractivity contribution in [3.8, 4) is 6.07 Å². The Morgan fingerprint density at radius 1 is 1.33 bits per heavy atom. The first kappa shape index (κ1) is 14.6. The molecule has 0 saturated heterocycles. The number of carboxylic acids is 1. The number of nitrogens with one attached hydrogen (secondary N) is 1. The van der Waals surface area contributed by atoms with E-state index in [1.165, 1.54) is 42.1 Å². The van der Waals surface area contributed by atoms with Gasteiger partial charge in [0.2, 0.25) is 0 Å². The minimum absolute atomic E-state index is 0.129. The monoisotopic (exact) mass is 305 g/mol. The van der Waals surface area contributed by atoms with Crippen LogP contribution in [0.4, 0.5) is 5.69 Å². The molecule has 108 valence electrons. The zero-order valence-corrected chi connectivity index (χ0v) is 11.8. The number of anilines is 1. The van der Waals surface area contributed by atoms with E-state index in [1.807, 2.05) is 6.07 Å². The van der Waals surface area contributed by atoms with Crippen molar-refractivity contribution in [2.75, 3.05) is 4.72 Å². The molecule has 0 unspecified atom stereocenters. The molecule has 0 bridgehead atoms. The summed E-state index contributed by atoms with van der Waals surface area (Å²) in [6, 6.07) is 8.87. The summed E-state index contributed by atoms with van der Waals surface area (Å²) >= 11 is 0. The Hall–Kier alpha value is -2.79. The van der Waals surface area contributed by atoms with Gasteiger partial charge in [0.25, 0.3) is 10.0 Å². The quantitative estimate of drug-likeness (QED) is 0.886. The van der Waals surface area contributed by atoms with Gasteiger partial charge in [-0.3, -0.25) is 4.72 Å². The van der Waals surface area contributed by atoms with E-state index in [9.17, 15) is 13.2 Å². The van der Waals surface area contributed by atoms with Crippen molar-refractivity contribution in [1.82, 2.24) is 4.57 Å². The number of aromatic carboxylic acids is 1. The Morgan fingerprint density at radius 2 is 1.95 bits per heavy atom. The number of carbonyl (C=O) groups is 1. The summed E-state index contributed by atoms with van der Waals surface area (Å²) in [6.45, 7) is 0. The highest BCUT2D eigenvalue weighted by molar-refractivity contribution is 7.92. The van der Waals surface area contributed by atoms with Crippen molar-refractivity contribution in [3.63, 3.8) is 0 Å². The second-order valence-electron chi connectivity index (χ2n) is 4.27. The van der Waals surface area contributed by atoms with Crippen molar-refractivity contribution >= 4 is 21.7 Å². The average Bonchev–Trinajstić information content (AvgIpc) is 2.82. The summed E-state index contributed by atoms with van der Waals surface area (Å²) in [7, 11) is -2.44. The Morgan fingerprint density at radius 3 is 2.43 bits per heavy atom. The van der Waals surface area contributed by atoms with Gasteiger partial charge in [0.1, 0.15) is 10.6 Å². The molecule has 1 heterocycles. The summed E-state index contributed by atoms with van der Waals surface area (Å²) in [5.41, 5.74) is 0.566. The van der Waals surface area contributed by atoms with E-state index in [2.05, 4.69) is 4.72 Å². The van der Waals surface area contributed by atoms with E-state index in [1.54, 1.807) is 0 Å². The number of sulfonamides is 1. The first-order valence-corrected chi connectivity index (χ1v) is 7.24. The second kappa shape index (κ2) is 5.30. The van der Waals surface area contributed by atoms with Gasteiger partial charge in [-0.05, 0) is 30.3 Å². The fourth-order valence-electron chi connectivity index (χ4n) is 1.72. The van der Waals surface area contributed by atoms with Gasteiger partial charge in [-0.1, -0.05) is 0 Å². The number of benzene rings is 1. The largest absolute Gasteiger partial charge is 0.477 e. The Balaban J connectivity index is 2.31. The summed E-state index contributed by atoms with van der Waals surface area (Å²) in [5, 5.41) is 17.6. The van der Waals surface area contributed by atoms with Crippen LogP contribution in [0.25, 0.3) is 0 Å². The molecule has 0 aliphatic rings. The number of aryl methyl sites for hydroxylation is 1. The maximum Gasteiger partial charge on any atom is 0.352 e. The van der Waals surface area contributed by atoms with Gasteiger partial charge in [0, 0.05) is 18.9 Å². The number of aromatic nitrogens is 1. The molecular weight excluding hydrogens is 294 g/mol. The van der Waals surface area contributed by atoms with Crippen LogP contribution in [0.3, 0.4) is 0 Å². The maximum absolute atomic E-state index is 12.2. The molecule has 1 aromatic carbocycles. The van der Waals surface area contributed by atoms with Gasteiger partial charge in [-0.25, -0.2) is 13.2 Å². The van der Waals surface area contributed by atoms with Crippen LogP contribution in [-0.4, -0.2) is 24.1 Å². The normalized spacial score (nSPS) is 10.9. The summed E-state index contributed by atoms with van der Waals surface area (Å²) < 4.78 is 27.9. The van der Waals surface area contributed by atoms with Crippen molar-refractivity contribution < 1.29 is 18.3 Å². The molecule has 8 heteroatoms. The molecule has 0 atom stereocenters. The van der Waals surface area contributed by atoms with Gasteiger partial charge in [0.15, 0.2) is 0 Å². The molecule has 7 nitrogen and oxygen atoms in total. The first-order chi connectivity index (χ1) is 9.83. The standard InChI is InChI=1S/C13H11N3O4S/c1-16-8-11(6-12(16)13(17)18)21(19,20)15-10-4-2-9(7-14)3-5-10/h2-6,8,15H,1H3,(H,17,18). The number of nitriles is 1. The maximum atomic E-state index is 12.2. The number of rotatable bonds is 4. The summed E-state index contributed by atoms with van der Waals surface area (Å²) in [5.74, 6) is -1.21. The summed E-state index contributed by atoms with van der Waals surface area (Å²) in [4.78, 5) is 10.8. The van der Waals surface area contributed by atoms with E-state index in [-0.39, 0.29) is 16.3 Å². The van der Waals surface area contributed by atoms with Crippen molar-refractivity contribution in [2.24, 2.45) is 7.05 Å². The highest BCUT2D eigenvalue weighted by Crippen LogP contribution is 2.18. The van der Waals surface area contributed by atoms with E-state index in [4.69, 9.17) is 10.4 Å². The van der Waals surface area contributed by atoms with Gasteiger partial charge in [-0.15, -0.1) is 0 Å². The fraction of sp³-hybridized carbons (Fsp3) is 0.0769. The van der Waals surface area contributed by atoms with Crippen molar-refractivity contribution in [1.29, 1.82) is 5.26 Å². The molecule has 0 fully saturated rings. The Labute approximate surface area is 121 Å². The third kappa shape index (κ3) is 3.04. The second-order valence-corrected chi connectivity index (χ2v) is 5.95. The first-order valence-electron chi connectivity index (χ1n) is 5.76. The third-order valence-electron chi connectivity index (χ3n) is 2.78. The van der Waals surface area contributed by atoms with Crippen LogP contribution < -0.4 is 4.72 Å². The highest BCUT2D eigenvalue weighted by atomic mass is 32.2. The fourth-order valence-corrected chi connectivity index (χ4v) is 2.85. The van der Waals surface area contributed by atoms with Crippen LogP contribution in [-0.2, 0) is 17.1 Å². The van der Waals surface area contributed by atoms with E-state index >= 15 is 0 Å². The minimum Gasteiger partial charge on any atom is -0.477 e.